The van der Waals surface area contributed by atoms with Crippen LogP contribution in [-0.4, -0.2) is 22.3 Å². The maximum atomic E-state index is 12.7. The van der Waals surface area contributed by atoms with E-state index in [0.29, 0.717) is 18.1 Å². The van der Waals surface area contributed by atoms with Gasteiger partial charge in [-0.1, -0.05) is 69.3 Å². The Kier molecular flexibility index (Phi) is 8.20. The second kappa shape index (κ2) is 10.4. The van der Waals surface area contributed by atoms with Crippen molar-refractivity contribution in [2.75, 3.05) is 6.54 Å². The molecule has 0 N–H and O–H groups in total. The molecule has 0 spiro atoms. The molecule has 3 nitrogen and oxygen atoms in total. The number of fused-ring (bicyclic) bond motifs is 1. The first-order valence-corrected chi connectivity index (χ1v) is 9.85. The maximum absolute atomic E-state index is 12.7. The predicted octanol–water partition coefficient (Wildman–Crippen LogP) is 5.99. The lowest BCUT2D eigenvalue weighted by Gasteiger charge is -2.23. The normalized spacial score (nSPS) is 11.0. The Morgan fingerprint density at radius 2 is 1.84 bits per heavy atom. The van der Waals surface area contributed by atoms with E-state index >= 15 is 0 Å². The number of hydrogen-bond donors (Lipinski definition) is 0. The van der Waals surface area contributed by atoms with E-state index in [-0.39, 0.29) is 5.91 Å². The molecule has 0 saturated heterocycles. The highest BCUT2D eigenvalue weighted by Gasteiger charge is 2.16. The number of pyridine rings is 1. The predicted molar refractivity (Wildman–Crippen MR) is 106 cm³/mol. The minimum atomic E-state index is 0.230. The highest BCUT2D eigenvalue weighted by molar-refractivity contribution is 6.30. The largest absolute Gasteiger partial charge is 0.338 e. The standard InChI is InChI=1S/C21H29ClN2O/c1-3-5-7-8-13-20(25)24(14-6-4-2)16-18-15-17-11-9-10-12-19(17)23-21(18)22/h9-12,15H,3-8,13-14,16H2,1-2H3. The summed E-state index contributed by atoms with van der Waals surface area (Å²) in [5.41, 5.74) is 1.82. The average Bonchev–Trinajstić information content (AvgIpc) is 2.62. The number of benzene rings is 1. The molecule has 0 atom stereocenters. The van der Waals surface area contributed by atoms with Gasteiger partial charge in [0.05, 0.1) is 5.52 Å². The van der Waals surface area contributed by atoms with Crippen LogP contribution in [0, 0.1) is 0 Å². The third-order valence-electron chi connectivity index (χ3n) is 4.49. The van der Waals surface area contributed by atoms with Crippen LogP contribution in [0.25, 0.3) is 10.9 Å². The summed E-state index contributed by atoms with van der Waals surface area (Å²) in [6.45, 7) is 5.66. The summed E-state index contributed by atoms with van der Waals surface area (Å²) in [6, 6.07) is 10.0. The van der Waals surface area contributed by atoms with Crippen molar-refractivity contribution < 1.29 is 4.79 Å². The van der Waals surface area contributed by atoms with Crippen LogP contribution in [-0.2, 0) is 11.3 Å². The summed E-state index contributed by atoms with van der Waals surface area (Å²) in [6.07, 6.45) is 7.20. The van der Waals surface area contributed by atoms with Gasteiger partial charge in [0.15, 0.2) is 0 Å². The monoisotopic (exact) mass is 360 g/mol. The average molecular weight is 361 g/mol. The van der Waals surface area contributed by atoms with Gasteiger partial charge in [-0.15, -0.1) is 0 Å². The zero-order valence-corrected chi connectivity index (χ0v) is 16.2. The van der Waals surface area contributed by atoms with Crippen molar-refractivity contribution in [2.45, 2.75) is 65.3 Å². The quantitative estimate of drug-likeness (QED) is 0.385. The van der Waals surface area contributed by atoms with Gasteiger partial charge < -0.3 is 4.90 Å². The van der Waals surface area contributed by atoms with Gasteiger partial charge in [-0.3, -0.25) is 4.79 Å². The molecule has 0 bridgehead atoms. The van der Waals surface area contributed by atoms with Gasteiger partial charge in [-0.2, -0.15) is 0 Å². The number of rotatable bonds is 10. The molecule has 0 saturated carbocycles. The molecule has 0 fully saturated rings. The first-order valence-electron chi connectivity index (χ1n) is 9.47. The lowest BCUT2D eigenvalue weighted by atomic mass is 10.1. The Bertz CT molecular complexity index is 687. The van der Waals surface area contributed by atoms with Crippen molar-refractivity contribution in [1.82, 2.24) is 9.88 Å². The first-order chi connectivity index (χ1) is 12.2. The van der Waals surface area contributed by atoms with Gasteiger partial charge in [0.2, 0.25) is 5.91 Å². The number of carbonyl (C=O) groups excluding carboxylic acids is 1. The number of nitrogens with zero attached hydrogens (tertiary/aromatic N) is 2. The van der Waals surface area contributed by atoms with Gasteiger partial charge in [-0.25, -0.2) is 4.98 Å². The summed E-state index contributed by atoms with van der Waals surface area (Å²) in [7, 11) is 0. The van der Waals surface area contributed by atoms with Crippen molar-refractivity contribution >= 4 is 28.4 Å². The Morgan fingerprint density at radius 3 is 2.60 bits per heavy atom. The van der Waals surface area contributed by atoms with E-state index in [4.69, 9.17) is 11.6 Å². The smallest absolute Gasteiger partial charge is 0.222 e. The molecule has 1 heterocycles. The van der Waals surface area contributed by atoms with Gasteiger partial charge in [0.1, 0.15) is 5.15 Å². The van der Waals surface area contributed by atoms with Crippen molar-refractivity contribution in [3.05, 3.63) is 41.0 Å². The number of unbranched alkanes of at least 4 members (excludes halogenated alkanes) is 4. The molecule has 1 amide bonds. The Hall–Kier alpha value is -1.61. The molecule has 0 aliphatic heterocycles. The van der Waals surface area contributed by atoms with Crippen LogP contribution in [0.4, 0.5) is 0 Å². The van der Waals surface area contributed by atoms with Crippen LogP contribution in [0.5, 0.6) is 0 Å². The summed E-state index contributed by atoms with van der Waals surface area (Å²) in [4.78, 5) is 19.1. The second-order valence-corrected chi connectivity index (χ2v) is 6.97. The summed E-state index contributed by atoms with van der Waals surface area (Å²) < 4.78 is 0. The maximum Gasteiger partial charge on any atom is 0.222 e. The fourth-order valence-electron chi connectivity index (χ4n) is 2.95. The van der Waals surface area contributed by atoms with Gasteiger partial charge in [-0.05, 0) is 25.0 Å². The number of halogens is 1. The number of hydrogen-bond acceptors (Lipinski definition) is 2. The van der Waals surface area contributed by atoms with E-state index in [1.54, 1.807) is 0 Å². The Morgan fingerprint density at radius 1 is 1.08 bits per heavy atom. The first kappa shape index (κ1) is 19.7. The van der Waals surface area contributed by atoms with Crippen molar-refractivity contribution in [3.63, 3.8) is 0 Å². The van der Waals surface area contributed by atoms with Crippen molar-refractivity contribution in [2.24, 2.45) is 0 Å². The molecule has 136 valence electrons. The molecule has 0 aliphatic carbocycles. The summed E-state index contributed by atoms with van der Waals surface area (Å²) in [5.74, 6) is 0.230. The van der Waals surface area contributed by atoms with E-state index in [1.807, 2.05) is 29.2 Å². The van der Waals surface area contributed by atoms with Gasteiger partial charge >= 0.3 is 0 Å². The molecule has 1 aromatic heterocycles. The van der Waals surface area contributed by atoms with Crippen LogP contribution >= 0.6 is 11.6 Å². The minimum Gasteiger partial charge on any atom is -0.338 e. The second-order valence-electron chi connectivity index (χ2n) is 6.61. The molecule has 0 unspecified atom stereocenters. The fourth-order valence-corrected chi connectivity index (χ4v) is 3.16. The van der Waals surface area contributed by atoms with Gasteiger partial charge in [0.25, 0.3) is 0 Å². The number of amides is 1. The molecule has 1 aromatic carbocycles. The molecule has 2 aromatic rings. The molecule has 0 aliphatic rings. The van der Waals surface area contributed by atoms with Crippen LogP contribution < -0.4 is 0 Å². The highest BCUT2D eigenvalue weighted by Crippen LogP contribution is 2.22. The molecular formula is C21H29ClN2O. The van der Waals surface area contributed by atoms with E-state index in [9.17, 15) is 4.79 Å². The zero-order valence-electron chi connectivity index (χ0n) is 15.4. The Balaban J connectivity index is 2.10. The van der Waals surface area contributed by atoms with Gasteiger partial charge in [0, 0.05) is 30.5 Å². The fraction of sp³-hybridized carbons (Fsp3) is 0.524. The lowest BCUT2D eigenvalue weighted by molar-refractivity contribution is -0.132. The van der Waals surface area contributed by atoms with Crippen LogP contribution in [0.2, 0.25) is 5.15 Å². The molecule has 25 heavy (non-hydrogen) atoms. The summed E-state index contributed by atoms with van der Waals surface area (Å²) >= 11 is 6.38. The van der Waals surface area contributed by atoms with Crippen LogP contribution in [0.3, 0.4) is 0 Å². The number of aromatic nitrogens is 1. The number of para-hydroxylation sites is 1. The van der Waals surface area contributed by atoms with E-state index in [2.05, 4.69) is 24.9 Å². The minimum absolute atomic E-state index is 0.230. The highest BCUT2D eigenvalue weighted by atomic mass is 35.5. The SMILES string of the molecule is CCCCCCC(=O)N(CCCC)Cc1cc2ccccc2nc1Cl. The van der Waals surface area contributed by atoms with E-state index < -0.39 is 0 Å². The zero-order chi connectivity index (χ0) is 18.1. The molecule has 4 heteroatoms. The lowest BCUT2D eigenvalue weighted by Crippen LogP contribution is -2.31. The van der Waals surface area contributed by atoms with Crippen molar-refractivity contribution in [1.29, 1.82) is 0 Å². The number of carbonyl (C=O) groups is 1. The third-order valence-corrected chi connectivity index (χ3v) is 4.82. The topological polar surface area (TPSA) is 33.2 Å². The van der Waals surface area contributed by atoms with E-state index in [1.165, 1.54) is 12.8 Å². The van der Waals surface area contributed by atoms with Crippen LogP contribution in [0.15, 0.2) is 30.3 Å². The Labute approximate surface area is 156 Å². The van der Waals surface area contributed by atoms with Crippen LogP contribution in [0.1, 0.15) is 64.4 Å². The van der Waals surface area contributed by atoms with Crippen molar-refractivity contribution in [3.8, 4) is 0 Å². The third kappa shape index (κ3) is 6.00. The molecule has 2 rings (SSSR count). The summed E-state index contributed by atoms with van der Waals surface area (Å²) in [5, 5.41) is 1.56. The molecule has 0 radical (unpaired) electrons. The van der Waals surface area contributed by atoms with E-state index in [0.717, 1.165) is 48.7 Å². The molecular weight excluding hydrogens is 332 g/mol.